The van der Waals surface area contributed by atoms with Gasteiger partial charge in [-0.1, -0.05) is 0 Å². The van der Waals surface area contributed by atoms with Gasteiger partial charge < -0.3 is 10.4 Å². The third-order valence-corrected chi connectivity index (χ3v) is 5.66. The zero-order valence-corrected chi connectivity index (χ0v) is 7.80. The molecule has 0 saturated carbocycles. The molecule has 2 aliphatic heterocycles. The first kappa shape index (κ1) is 8.96. The van der Waals surface area contributed by atoms with E-state index in [4.69, 9.17) is 5.11 Å². The van der Waals surface area contributed by atoms with E-state index < -0.39 is 26.5 Å². The monoisotopic (exact) mass is 205 g/mol. The SMILES string of the molecule is O=C(O)[C@H]1CCS(=O)(=O)C12CNC2. The Labute approximate surface area is 76.0 Å². The van der Waals surface area contributed by atoms with E-state index in [9.17, 15) is 13.2 Å². The molecule has 0 aromatic carbocycles. The summed E-state index contributed by atoms with van der Waals surface area (Å²) >= 11 is 0. The second-order valence-corrected chi connectivity index (χ2v) is 6.12. The summed E-state index contributed by atoms with van der Waals surface area (Å²) in [5.41, 5.74) is 0. The molecule has 2 saturated heterocycles. The zero-order chi connectivity index (χ0) is 9.69. The summed E-state index contributed by atoms with van der Waals surface area (Å²) in [5, 5.41) is 11.7. The number of nitrogens with one attached hydrogen (secondary N) is 1. The van der Waals surface area contributed by atoms with Crippen LogP contribution in [-0.2, 0) is 14.6 Å². The Morgan fingerprint density at radius 2 is 2.08 bits per heavy atom. The van der Waals surface area contributed by atoms with Gasteiger partial charge in [-0.3, -0.25) is 4.79 Å². The molecule has 6 heteroatoms. The predicted molar refractivity (Wildman–Crippen MR) is 45.1 cm³/mol. The van der Waals surface area contributed by atoms with Crippen molar-refractivity contribution in [1.29, 1.82) is 0 Å². The Bertz CT molecular complexity index is 344. The first-order valence-electron chi connectivity index (χ1n) is 4.15. The van der Waals surface area contributed by atoms with Crippen molar-refractivity contribution >= 4 is 15.8 Å². The minimum Gasteiger partial charge on any atom is -0.481 e. The largest absolute Gasteiger partial charge is 0.481 e. The molecule has 1 spiro atoms. The van der Waals surface area contributed by atoms with E-state index >= 15 is 0 Å². The number of carbonyl (C=O) groups is 1. The van der Waals surface area contributed by atoms with Crippen molar-refractivity contribution in [2.24, 2.45) is 5.92 Å². The zero-order valence-electron chi connectivity index (χ0n) is 6.99. The lowest BCUT2D eigenvalue weighted by Crippen LogP contribution is -2.66. The van der Waals surface area contributed by atoms with Crippen LogP contribution in [0.25, 0.3) is 0 Å². The van der Waals surface area contributed by atoms with Gasteiger partial charge in [0.1, 0.15) is 4.75 Å². The summed E-state index contributed by atoms with van der Waals surface area (Å²) in [6.07, 6.45) is 0.263. The van der Waals surface area contributed by atoms with Crippen LogP contribution in [0.1, 0.15) is 6.42 Å². The van der Waals surface area contributed by atoms with Gasteiger partial charge in [0.2, 0.25) is 0 Å². The average Bonchev–Trinajstić information content (AvgIpc) is 2.19. The van der Waals surface area contributed by atoms with Crippen LogP contribution in [0.3, 0.4) is 0 Å². The summed E-state index contributed by atoms with van der Waals surface area (Å²) < 4.78 is 22.2. The van der Waals surface area contributed by atoms with Crippen molar-refractivity contribution in [3.63, 3.8) is 0 Å². The second-order valence-electron chi connectivity index (χ2n) is 3.67. The Kier molecular flexibility index (Phi) is 1.69. The van der Waals surface area contributed by atoms with Gasteiger partial charge in [-0.2, -0.15) is 0 Å². The maximum atomic E-state index is 11.6. The smallest absolute Gasteiger partial charge is 0.308 e. The van der Waals surface area contributed by atoms with Gasteiger partial charge >= 0.3 is 5.97 Å². The lowest BCUT2D eigenvalue weighted by Gasteiger charge is -2.40. The number of hydrogen-bond donors (Lipinski definition) is 2. The molecule has 0 amide bonds. The second kappa shape index (κ2) is 2.45. The third kappa shape index (κ3) is 0.955. The standard InChI is InChI=1S/C7H11NO4S/c9-6(10)5-1-2-13(11,12)7(5)3-8-4-7/h5,8H,1-4H2,(H,9,10)/t5-/m1/s1. The molecular formula is C7H11NO4S. The first-order valence-corrected chi connectivity index (χ1v) is 5.81. The van der Waals surface area contributed by atoms with E-state index in [-0.39, 0.29) is 12.2 Å². The Balaban J connectivity index is 2.41. The highest BCUT2D eigenvalue weighted by molar-refractivity contribution is 7.93. The molecule has 0 aliphatic carbocycles. The third-order valence-electron chi connectivity index (χ3n) is 3.08. The number of carboxylic acid groups (broad SMARTS) is 1. The minimum absolute atomic E-state index is 0.0195. The molecular weight excluding hydrogens is 194 g/mol. The number of rotatable bonds is 1. The van der Waals surface area contributed by atoms with Gasteiger partial charge in [-0.25, -0.2) is 8.42 Å². The number of carboxylic acids is 1. The van der Waals surface area contributed by atoms with E-state index in [1.807, 2.05) is 0 Å². The molecule has 2 fully saturated rings. The number of hydrogen-bond acceptors (Lipinski definition) is 4. The van der Waals surface area contributed by atoms with E-state index in [0.29, 0.717) is 13.1 Å². The lowest BCUT2D eigenvalue weighted by molar-refractivity contribution is -0.143. The van der Waals surface area contributed by atoms with Crippen molar-refractivity contribution < 1.29 is 18.3 Å². The van der Waals surface area contributed by atoms with Crippen LogP contribution in [0, 0.1) is 5.92 Å². The fourth-order valence-electron chi connectivity index (χ4n) is 2.14. The van der Waals surface area contributed by atoms with Gasteiger partial charge in [-0.15, -0.1) is 0 Å². The van der Waals surface area contributed by atoms with Crippen LogP contribution in [0.2, 0.25) is 0 Å². The quantitative estimate of drug-likeness (QED) is 0.564. The molecule has 0 radical (unpaired) electrons. The highest BCUT2D eigenvalue weighted by Crippen LogP contribution is 2.40. The minimum atomic E-state index is -3.19. The van der Waals surface area contributed by atoms with Gasteiger partial charge in [0.15, 0.2) is 9.84 Å². The van der Waals surface area contributed by atoms with Crippen LogP contribution in [0.5, 0.6) is 0 Å². The fraction of sp³-hybridized carbons (Fsp3) is 0.857. The van der Waals surface area contributed by atoms with Gasteiger partial charge in [-0.05, 0) is 6.42 Å². The molecule has 2 heterocycles. The highest BCUT2D eigenvalue weighted by Gasteiger charge is 2.61. The molecule has 0 bridgehead atoms. The molecule has 0 aromatic rings. The summed E-state index contributed by atoms with van der Waals surface area (Å²) in [5.74, 6) is -1.67. The van der Waals surface area contributed by atoms with Gasteiger partial charge in [0.25, 0.3) is 0 Å². The van der Waals surface area contributed by atoms with Crippen LogP contribution >= 0.6 is 0 Å². The Morgan fingerprint density at radius 1 is 1.46 bits per heavy atom. The molecule has 5 nitrogen and oxygen atoms in total. The number of sulfone groups is 1. The normalized spacial score (nSPS) is 34.3. The molecule has 1 atom stereocenters. The van der Waals surface area contributed by atoms with Crippen LogP contribution in [-0.4, -0.2) is 43.1 Å². The Morgan fingerprint density at radius 3 is 2.38 bits per heavy atom. The first-order chi connectivity index (χ1) is 6.00. The highest BCUT2D eigenvalue weighted by atomic mass is 32.2. The maximum Gasteiger partial charge on any atom is 0.308 e. The molecule has 2 aliphatic rings. The molecule has 13 heavy (non-hydrogen) atoms. The van der Waals surface area contributed by atoms with E-state index in [0.717, 1.165) is 0 Å². The summed E-state index contributed by atoms with van der Waals surface area (Å²) in [4.78, 5) is 10.8. The van der Waals surface area contributed by atoms with Crippen LogP contribution < -0.4 is 5.32 Å². The van der Waals surface area contributed by atoms with Crippen molar-refractivity contribution in [2.75, 3.05) is 18.8 Å². The van der Waals surface area contributed by atoms with Crippen molar-refractivity contribution in [1.82, 2.24) is 5.32 Å². The predicted octanol–water partition coefficient (Wildman–Crippen LogP) is -1.15. The molecule has 2 rings (SSSR count). The van der Waals surface area contributed by atoms with E-state index in [2.05, 4.69) is 5.32 Å². The topological polar surface area (TPSA) is 83.5 Å². The van der Waals surface area contributed by atoms with Crippen molar-refractivity contribution in [2.45, 2.75) is 11.2 Å². The van der Waals surface area contributed by atoms with E-state index in [1.54, 1.807) is 0 Å². The van der Waals surface area contributed by atoms with Gasteiger partial charge in [0.05, 0.1) is 11.7 Å². The average molecular weight is 205 g/mol. The maximum absolute atomic E-state index is 11.6. The lowest BCUT2D eigenvalue weighted by atomic mass is 9.85. The Hall–Kier alpha value is -0.620. The van der Waals surface area contributed by atoms with E-state index in [1.165, 1.54) is 0 Å². The molecule has 0 unspecified atom stereocenters. The fourth-order valence-corrected chi connectivity index (χ4v) is 4.39. The van der Waals surface area contributed by atoms with Crippen molar-refractivity contribution in [3.05, 3.63) is 0 Å². The number of aliphatic carboxylic acids is 1. The van der Waals surface area contributed by atoms with Crippen LogP contribution in [0.4, 0.5) is 0 Å². The van der Waals surface area contributed by atoms with Gasteiger partial charge in [0, 0.05) is 13.1 Å². The summed E-state index contributed by atoms with van der Waals surface area (Å²) in [7, 11) is -3.19. The molecule has 74 valence electrons. The summed E-state index contributed by atoms with van der Waals surface area (Å²) in [6, 6.07) is 0. The molecule has 2 N–H and O–H groups in total. The molecule has 0 aromatic heterocycles. The van der Waals surface area contributed by atoms with Crippen LogP contribution in [0.15, 0.2) is 0 Å². The summed E-state index contributed by atoms with van der Waals surface area (Å²) in [6.45, 7) is 0.596. The van der Waals surface area contributed by atoms with Crippen molar-refractivity contribution in [3.8, 4) is 0 Å².